The molecule has 2 aliphatic heterocycles. The van der Waals surface area contributed by atoms with Crippen molar-refractivity contribution in [1.82, 2.24) is 15.0 Å². The summed E-state index contributed by atoms with van der Waals surface area (Å²) in [6, 6.07) is 1.73. The van der Waals surface area contributed by atoms with Crippen LogP contribution in [0, 0.1) is 37.5 Å². The van der Waals surface area contributed by atoms with Crippen molar-refractivity contribution in [2.24, 2.45) is 23.7 Å². The molecule has 0 spiro atoms. The Balaban J connectivity index is 0.00000561. The SMILES string of the molecule is C=Cc1c2[n-]c(c1C)/C=C1\[N-]/C(=C3\c4[n-]c(cc4C(=O)[C@@H]3C(=O)OC)/C=c3\[n-]/c(c(C)c3CC)=C\2)[C@@H](CCC(=O)OC/C=C(\C)CCCC(C)C)[C@@H]1C.[Mg+2]. The molecule has 3 aromatic rings. The summed E-state index contributed by atoms with van der Waals surface area (Å²) in [5.41, 5.74) is 9.83. The van der Waals surface area contributed by atoms with Crippen molar-refractivity contribution >= 4 is 70.7 Å². The molecule has 1 fully saturated rings. The molecule has 3 aromatic heterocycles. The Hall–Kier alpha value is -4.28. The molecule has 5 heterocycles. The number of carbonyl (C=O) groups excluding carboxylic acids is 3. The fraction of sp³-hybridized carbons (Fsp3) is 0.432. The number of hydrogen-bond acceptors (Lipinski definition) is 5. The van der Waals surface area contributed by atoms with Crippen LogP contribution in [-0.2, 0) is 25.5 Å². The third-order valence-electron chi connectivity index (χ3n) is 11.0. The number of hydrogen-bond donors (Lipinski definition) is 0. The van der Waals surface area contributed by atoms with Crippen LogP contribution >= 0.6 is 0 Å². The van der Waals surface area contributed by atoms with E-state index in [-0.39, 0.29) is 59.7 Å². The molecule has 3 aliphatic rings. The summed E-state index contributed by atoms with van der Waals surface area (Å²) in [7, 11) is 1.28. The van der Waals surface area contributed by atoms with Crippen LogP contribution in [-0.4, -0.2) is 54.5 Å². The maximum absolute atomic E-state index is 14.0. The van der Waals surface area contributed by atoms with Gasteiger partial charge in [-0.25, -0.2) is 0 Å². The van der Waals surface area contributed by atoms with Gasteiger partial charge < -0.3 is 29.7 Å². The summed E-state index contributed by atoms with van der Waals surface area (Å²) in [4.78, 5) is 55.5. The summed E-state index contributed by atoms with van der Waals surface area (Å²) >= 11 is 0. The summed E-state index contributed by atoms with van der Waals surface area (Å²) < 4.78 is 10.8. The second-order valence-electron chi connectivity index (χ2n) is 15.0. The van der Waals surface area contributed by atoms with Crippen molar-refractivity contribution in [2.45, 2.75) is 87.0 Å². The monoisotopic (exact) mass is 738 g/mol. The van der Waals surface area contributed by atoms with Crippen molar-refractivity contribution in [3.8, 4) is 0 Å². The summed E-state index contributed by atoms with van der Waals surface area (Å²) in [5, 5.41) is 6.75. The predicted octanol–water partition coefficient (Wildman–Crippen LogP) is 6.44. The zero-order chi connectivity index (χ0) is 38.1. The van der Waals surface area contributed by atoms with E-state index in [0.717, 1.165) is 75.7 Å². The molecule has 280 valence electrons. The van der Waals surface area contributed by atoms with Crippen LogP contribution in [0.3, 0.4) is 0 Å². The summed E-state index contributed by atoms with van der Waals surface area (Å²) in [6.45, 7) is 19.0. The van der Waals surface area contributed by atoms with Gasteiger partial charge in [0, 0.05) is 12.0 Å². The molecule has 6 rings (SSSR count). The van der Waals surface area contributed by atoms with E-state index in [0.29, 0.717) is 40.6 Å². The number of ketones is 1. The molecule has 0 unspecified atom stereocenters. The molecule has 10 heteroatoms. The number of aromatic nitrogens is 3. The Labute approximate surface area is 334 Å². The van der Waals surface area contributed by atoms with Gasteiger partial charge in [-0.05, 0) is 75.8 Å². The number of fused-ring (bicyclic) bond motifs is 7. The van der Waals surface area contributed by atoms with Crippen molar-refractivity contribution in [2.75, 3.05) is 13.7 Å². The Morgan fingerprint density at radius 3 is 2.46 bits per heavy atom. The number of rotatable bonds is 12. The standard InChI is InChI=1S/C44H51N4O5.Mg/c1-10-29-25(6)34-22-37-30(11-2)26(7)33(47-37)21-35-27(8)31(15-16-38(49)53-18-17-24(5)14-12-13-23(3)4)41(48-35)39-40(44(51)52-9)43(50)32-19-28(45-42(32)39)20-36(29)46-34;/h11,17,19-23,27,31,40H,2,10,12-16,18H2,1,3-9H3,(H-,45,48,50);/q-3;+2/p-1/b24-17+,34-22-,35-21-,36-20-;/t27-,31-,40+;/m0./s1. The minimum atomic E-state index is -1.21. The first kappa shape index (κ1) is 40.9. The molecule has 1 saturated heterocycles. The average Bonchev–Trinajstić information content (AvgIpc) is 3.88. The Bertz CT molecular complexity index is 2190. The molecule has 54 heavy (non-hydrogen) atoms. The molecule has 0 aromatic carbocycles. The second kappa shape index (κ2) is 17.0. The molecule has 0 saturated carbocycles. The van der Waals surface area contributed by atoms with E-state index in [1.54, 1.807) is 6.07 Å². The molecule has 8 bridgehead atoms. The van der Waals surface area contributed by atoms with Crippen molar-refractivity contribution in [3.63, 3.8) is 0 Å². The number of methoxy groups -OCH3 is 1. The average molecular weight is 739 g/mol. The smallest absolute Gasteiger partial charge is 0.664 e. The number of esters is 2. The zero-order valence-corrected chi connectivity index (χ0v) is 34.4. The van der Waals surface area contributed by atoms with Crippen LogP contribution in [0.2, 0.25) is 0 Å². The molecule has 0 radical (unpaired) electrons. The van der Waals surface area contributed by atoms with Crippen LogP contribution in [0.1, 0.15) is 122 Å². The van der Waals surface area contributed by atoms with Crippen molar-refractivity contribution in [1.29, 1.82) is 0 Å². The van der Waals surface area contributed by atoms with Gasteiger partial charge in [0.2, 0.25) is 0 Å². The van der Waals surface area contributed by atoms with E-state index in [1.165, 1.54) is 12.7 Å². The van der Waals surface area contributed by atoms with E-state index in [9.17, 15) is 14.4 Å². The molecule has 3 atom stereocenters. The third kappa shape index (κ3) is 7.91. The summed E-state index contributed by atoms with van der Waals surface area (Å²) in [5.74, 6) is -2.39. The van der Waals surface area contributed by atoms with E-state index in [2.05, 4.69) is 48.1 Å². The van der Waals surface area contributed by atoms with Gasteiger partial charge in [0.15, 0.2) is 5.78 Å². The molecule has 9 nitrogen and oxygen atoms in total. The van der Waals surface area contributed by atoms with Gasteiger partial charge in [-0.1, -0.05) is 98.9 Å². The second-order valence-corrected chi connectivity index (χ2v) is 15.0. The predicted molar refractivity (Wildman–Crippen MR) is 214 cm³/mol. The van der Waals surface area contributed by atoms with Gasteiger partial charge in [0.05, 0.1) is 7.11 Å². The first-order chi connectivity index (χ1) is 25.4. The Morgan fingerprint density at radius 2 is 1.78 bits per heavy atom. The van der Waals surface area contributed by atoms with Crippen LogP contribution in [0.15, 0.2) is 35.7 Å². The van der Waals surface area contributed by atoms with Crippen LogP contribution < -0.4 is 25.7 Å². The van der Waals surface area contributed by atoms with Crippen LogP contribution in [0.5, 0.6) is 0 Å². The van der Waals surface area contributed by atoms with Gasteiger partial charge in [0.25, 0.3) is 0 Å². The number of ether oxygens (including phenoxy) is 2. The van der Waals surface area contributed by atoms with E-state index >= 15 is 0 Å². The fourth-order valence-electron chi connectivity index (χ4n) is 7.89. The van der Waals surface area contributed by atoms with Gasteiger partial charge in [-0.2, -0.15) is 11.4 Å². The minimum absolute atomic E-state index is 0. The van der Waals surface area contributed by atoms with Crippen LogP contribution in [0.4, 0.5) is 0 Å². The van der Waals surface area contributed by atoms with Gasteiger partial charge in [-0.15, -0.1) is 33.5 Å². The van der Waals surface area contributed by atoms with E-state index < -0.39 is 11.9 Å². The number of Topliss-reactive ketones (excluding diaryl/α,β-unsaturated/α-hetero) is 1. The number of allylic oxidation sites excluding steroid dienone is 3. The molecular weight excluding hydrogens is 689 g/mol. The van der Waals surface area contributed by atoms with Crippen LogP contribution in [0.25, 0.3) is 35.2 Å². The van der Waals surface area contributed by atoms with Gasteiger partial charge >= 0.3 is 35.0 Å². The topological polar surface area (TPSA) is 126 Å². The number of carbonyl (C=O) groups is 3. The molecule has 0 amide bonds. The maximum Gasteiger partial charge on any atom is 2.00 e. The quantitative estimate of drug-likeness (QED) is 0.0900. The molecular formula is C44H50MgN4O5-2. The molecule has 0 N–H and O–H groups in total. The van der Waals surface area contributed by atoms with E-state index in [1.807, 2.05) is 37.3 Å². The van der Waals surface area contributed by atoms with E-state index in [4.69, 9.17) is 29.7 Å². The minimum Gasteiger partial charge on any atom is -0.664 e. The largest absolute Gasteiger partial charge is 2.00 e. The fourth-order valence-corrected chi connectivity index (χ4v) is 7.89. The van der Waals surface area contributed by atoms with Crippen molar-refractivity contribution in [3.05, 3.63) is 102 Å². The Kier molecular flexibility index (Phi) is 12.9. The summed E-state index contributed by atoms with van der Waals surface area (Å²) in [6.07, 6.45) is 14.2. The van der Waals surface area contributed by atoms with Gasteiger partial charge in [-0.3, -0.25) is 14.4 Å². The van der Waals surface area contributed by atoms with Crippen molar-refractivity contribution < 1.29 is 23.9 Å². The Morgan fingerprint density at radius 1 is 1.02 bits per heavy atom. The first-order valence-corrected chi connectivity index (χ1v) is 18.8. The normalized spacial score (nSPS) is 22.4. The maximum atomic E-state index is 14.0. The first-order valence-electron chi connectivity index (χ1n) is 18.8. The third-order valence-corrected chi connectivity index (χ3v) is 11.0. The van der Waals surface area contributed by atoms with Gasteiger partial charge in [0.1, 0.15) is 12.5 Å². The number of nitrogens with zero attached hydrogens (tertiary/aromatic N) is 4. The molecule has 1 aliphatic carbocycles. The zero-order valence-electron chi connectivity index (χ0n) is 33.0.